The first-order chi connectivity index (χ1) is 29.5. The molecule has 11 aromatic rings. The Hall–Kier alpha value is -7.48. The van der Waals surface area contributed by atoms with Crippen LogP contribution in [0.15, 0.2) is 194 Å². The van der Waals surface area contributed by atoms with Gasteiger partial charge < -0.3 is 4.74 Å². The van der Waals surface area contributed by atoms with E-state index in [9.17, 15) is 0 Å². The van der Waals surface area contributed by atoms with Crippen molar-refractivity contribution in [2.75, 3.05) is 0 Å². The standard InChI is InChI=1S/C59H38O/c1-59(2)53-25-13-12-23-47(53)57-45-22-11-10-21-43(45)51(34-54(57)59)48-32-50-46-24-14-26-55-58(46)52(33-49(50)42-20-9-8-19-41(42)48)44-28-27-36(31-56(44)60-55)38-30-29-37(35-15-4-3-5-16-35)39-17-6-7-18-40(38)39/h3-34H,1-2H3. The number of fused-ring (bicyclic) bond motifs is 12. The van der Waals surface area contributed by atoms with Gasteiger partial charge in [-0.2, -0.15) is 0 Å². The van der Waals surface area contributed by atoms with Crippen LogP contribution in [0.4, 0.5) is 0 Å². The lowest BCUT2D eigenvalue weighted by molar-refractivity contribution is 0.487. The van der Waals surface area contributed by atoms with E-state index >= 15 is 0 Å². The molecule has 11 aromatic carbocycles. The van der Waals surface area contributed by atoms with Gasteiger partial charge >= 0.3 is 0 Å². The molecule has 0 unspecified atom stereocenters. The second-order valence-corrected chi connectivity index (χ2v) is 17.1. The van der Waals surface area contributed by atoms with Crippen molar-refractivity contribution < 1.29 is 4.74 Å². The summed E-state index contributed by atoms with van der Waals surface area (Å²) in [5, 5.41) is 12.5. The minimum atomic E-state index is -0.117. The van der Waals surface area contributed by atoms with Gasteiger partial charge in [0.2, 0.25) is 0 Å². The molecule has 13 rings (SSSR count). The minimum Gasteiger partial charge on any atom is -0.456 e. The zero-order valence-corrected chi connectivity index (χ0v) is 33.4. The maximum absolute atomic E-state index is 6.93. The van der Waals surface area contributed by atoms with Crippen molar-refractivity contribution in [2.24, 2.45) is 0 Å². The minimum absolute atomic E-state index is 0.117. The second kappa shape index (κ2) is 12.3. The third-order valence-electron chi connectivity index (χ3n) is 13.7. The summed E-state index contributed by atoms with van der Waals surface area (Å²) in [5.74, 6) is 1.78. The monoisotopic (exact) mass is 762 g/mol. The fraction of sp³-hybridized carbons (Fsp3) is 0.0508. The topological polar surface area (TPSA) is 9.23 Å². The molecule has 1 heteroatoms. The Morgan fingerprint density at radius 3 is 1.62 bits per heavy atom. The first-order valence-corrected chi connectivity index (χ1v) is 21.0. The highest BCUT2D eigenvalue weighted by atomic mass is 16.5. The van der Waals surface area contributed by atoms with Crippen LogP contribution in [0.2, 0.25) is 0 Å². The molecule has 2 aliphatic rings. The van der Waals surface area contributed by atoms with E-state index < -0.39 is 0 Å². The van der Waals surface area contributed by atoms with Gasteiger partial charge in [0.15, 0.2) is 0 Å². The molecule has 0 saturated heterocycles. The zero-order chi connectivity index (χ0) is 39.7. The largest absolute Gasteiger partial charge is 0.456 e. The van der Waals surface area contributed by atoms with Crippen LogP contribution in [0.1, 0.15) is 25.0 Å². The molecule has 1 heterocycles. The van der Waals surface area contributed by atoms with Gasteiger partial charge in [-0.1, -0.05) is 172 Å². The maximum Gasteiger partial charge on any atom is 0.135 e. The van der Waals surface area contributed by atoms with Crippen molar-refractivity contribution in [3.05, 3.63) is 205 Å². The second-order valence-electron chi connectivity index (χ2n) is 17.1. The summed E-state index contributed by atoms with van der Waals surface area (Å²) >= 11 is 0. The lowest BCUT2D eigenvalue weighted by Crippen LogP contribution is -2.15. The van der Waals surface area contributed by atoms with Gasteiger partial charge in [0, 0.05) is 16.4 Å². The summed E-state index contributed by atoms with van der Waals surface area (Å²) in [7, 11) is 0. The van der Waals surface area contributed by atoms with E-state index in [2.05, 4.69) is 208 Å². The summed E-state index contributed by atoms with van der Waals surface area (Å²) < 4.78 is 6.93. The highest BCUT2D eigenvalue weighted by Crippen LogP contribution is 2.55. The van der Waals surface area contributed by atoms with Crippen LogP contribution in [0, 0.1) is 0 Å². The van der Waals surface area contributed by atoms with Crippen LogP contribution in [0.5, 0.6) is 11.5 Å². The number of hydrogen-bond donors (Lipinski definition) is 0. The summed E-state index contributed by atoms with van der Waals surface area (Å²) in [4.78, 5) is 0. The molecule has 0 N–H and O–H groups in total. The van der Waals surface area contributed by atoms with Crippen molar-refractivity contribution in [1.82, 2.24) is 0 Å². The number of benzene rings is 11. The molecule has 0 fully saturated rings. The molecule has 0 amide bonds. The van der Waals surface area contributed by atoms with Gasteiger partial charge in [0.25, 0.3) is 0 Å². The molecular weight excluding hydrogens is 725 g/mol. The fourth-order valence-electron chi connectivity index (χ4n) is 10.9. The predicted molar refractivity (Wildman–Crippen MR) is 253 cm³/mol. The summed E-state index contributed by atoms with van der Waals surface area (Å²) in [6, 6.07) is 71.7. The maximum atomic E-state index is 6.93. The van der Waals surface area contributed by atoms with Crippen molar-refractivity contribution in [3.8, 4) is 67.1 Å². The molecule has 0 aromatic heterocycles. The Kier molecular flexibility index (Phi) is 6.85. The Morgan fingerprint density at radius 2 is 0.850 bits per heavy atom. The molecule has 1 nitrogen and oxygen atoms in total. The first-order valence-electron chi connectivity index (χ1n) is 21.0. The molecule has 1 aliphatic heterocycles. The smallest absolute Gasteiger partial charge is 0.135 e. The van der Waals surface area contributed by atoms with Crippen molar-refractivity contribution >= 4 is 53.9 Å². The van der Waals surface area contributed by atoms with E-state index in [0.717, 1.165) is 22.6 Å². The quantitative estimate of drug-likeness (QED) is 0.163. The van der Waals surface area contributed by atoms with Crippen LogP contribution in [0.3, 0.4) is 0 Å². The van der Waals surface area contributed by atoms with Crippen LogP contribution in [-0.4, -0.2) is 0 Å². The van der Waals surface area contributed by atoms with Gasteiger partial charge in [-0.25, -0.2) is 0 Å². The third-order valence-corrected chi connectivity index (χ3v) is 13.7. The van der Waals surface area contributed by atoms with E-state index in [1.165, 1.54) is 109 Å². The zero-order valence-electron chi connectivity index (χ0n) is 33.4. The molecule has 0 atom stereocenters. The molecular formula is C59H38O. The van der Waals surface area contributed by atoms with E-state index in [1.54, 1.807) is 0 Å². The van der Waals surface area contributed by atoms with E-state index in [1.807, 2.05) is 0 Å². The molecule has 0 spiro atoms. The van der Waals surface area contributed by atoms with Gasteiger partial charge in [0.05, 0.1) is 0 Å². The summed E-state index contributed by atoms with van der Waals surface area (Å²) in [5.41, 5.74) is 15.1. The van der Waals surface area contributed by atoms with Crippen molar-refractivity contribution in [1.29, 1.82) is 0 Å². The highest BCUT2D eigenvalue weighted by molar-refractivity contribution is 6.26. The highest BCUT2D eigenvalue weighted by Gasteiger charge is 2.37. The summed E-state index contributed by atoms with van der Waals surface area (Å²) in [6.45, 7) is 4.77. The number of ether oxygens (including phenoxy) is 1. The van der Waals surface area contributed by atoms with Crippen LogP contribution in [0.25, 0.3) is 109 Å². The Balaban J connectivity index is 1.02. The molecule has 0 saturated carbocycles. The third kappa shape index (κ3) is 4.58. The van der Waals surface area contributed by atoms with Crippen LogP contribution in [-0.2, 0) is 5.41 Å². The Bertz CT molecular complexity index is 3650. The van der Waals surface area contributed by atoms with Crippen molar-refractivity contribution in [3.63, 3.8) is 0 Å². The van der Waals surface area contributed by atoms with Crippen LogP contribution >= 0.6 is 0 Å². The lowest BCUT2D eigenvalue weighted by Gasteiger charge is -2.25. The molecule has 60 heavy (non-hydrogen) atoms. The van der Waals surface area contributed by atoms with Gasteiger partial charge in [-0.3, -0.25) is 0 Å². The Morgan fingerprint density at radius 1 is 0.300 bits per heavy atom. The van der Waals surface area contributed by atoms with Gasteiger partial charge in [-0.15, -0.1) is 0 Å². The average Bonchev–Trinajstić information content (AvgIpc) is 3.54. The predicted octanol–water partition coefficient (Wildman–Crippen LogP) is 16.5. The van der Waals surface area contributed by atoms with Gasteiger partial charge in [0.1, 0.15) is 11.5 Å². The molecule has 0 radical (unpaired) electrons. The first kappa shape index (κ1) is 33.5. The van der Waals surface area contributed by atoms with Crippen molar-refractivity contribution in [2.45, 2.75) is 19.3 Å². The van der Waals surface area contributed by atoms with E-state index in [-0.39, 0.29) is 5.41 Å². The Labute approximate surface area is 348 Å². The fourth-order valence-corrected chi connectivity index (χ4v) is 10.9. The lowest BCUT2D eigenvalue weighted by atomic mass is 9.79. The number of rotatable bonds is 3. The SMILES string of the molecule is CC1(C)c2ccccc2-c2c1cc(-c1cc3c4cccc5c4c(cc3c3ccccc13)-c1ccc(-c3ccc(-c4ccccc4)c4ccccc34)cc1O5)c1ccccc21. The molecule has 1 aliphatic carbocycles. The summed E-state index contributed by atoms with van der Waals surface area (Å²) in [6.07, 6.45) is 0. The molecule has 280 valence electrons. The molecule has 0 bridgehead atoms. The van der Waals surface area contributed by atoms with E-state index in [4.69, 9.17) is 4.74 Å². The normalized spacial score (nSPS) is 13.4. The van der Waals surface area contributed by atoms with E-state index in [0.29, 0.717) is 0 Å². The van der Waals surface area contributed by atoms with Gasteiger partial charge in [-0.05, 0) is 146 Å². The average molecular weight is 763 g/mol. The van der Waals surface area contributed by atoms with Crippen LogP contribution < -0.4 is 4.74 Å². The number of hydrogen-bond acceptors (Lipinski definition) is 1.